The smallest absolute Gasteiger partial charge is 0.261 e. The van der Waals surface area contributed by atoms with Gasteiger partial charge in [0.15, 0.2) is 0 Å². The minimum atomic E-state index is -3.77. The summed E-state index contributed by atoms with van der Waals surface area (Å²) in [5.41, 5.74) is 3.76. The number of carbonyl (C=O) groups excluding carboxylic acids is 1. The normalized spacial score (nSPS) is 11.1. The monoisotopic (exact) mass is 428 g/mol. The molecular weight excluding hydrogens is 408 g/mol. The summed E-state index contributed by atoms with van der Waals surface area (Å²) >= 11 is 5.95. The molecule has 7 heteroatoms. The van der Waals surface area contributed by atoms with E-state index in [1.54, 1.807) is 37.3 Å². The van der Waals surface area contributed by atoms with Crippen LogP contribution >= 0.6 is 11.6 Å². The summed E-state index contributed by atoms with van der Waals surface area (Å²) in [6, 6.07) is 18.8. The van der Waals surface area contributed by atoms with E-state index in [1.807, 2.05) is 31.2 Å². The number of hydrogen-bond acceptors (Lipinski definition) is 3. The van der Waals surface area contributed by atoms with Gasteiger partial charge in [0, 0.05) is 10.7 Å². The lowest BCUT2D eigenvalue weighted by molar-refractivity contribution is -0.115. The third kappa shape index (κ3) is 5.59. The van der Waals surface area contributed by atoms with E-state index in [9.17, 15) is 13.2 Å². The van der Waals surface area contributed by atoms with Crippen molar-refractivity contribution < 1.29 is 13.2 Å². The molecular formula is C22H21ClN2O3S. The van der Waals surface area contributed by atoms with Gasteiger partial charge in [-0.15, -0.1) is 0 Å². The Morgan fingerprint density at radius 3 is 2.24 bits per heavy atom. The van der Waals surface area contributed by atoms with Crippen LogP contribution in [0.2, 0.25) is 5.02 Å². The van der Waals surface area contributed by atoms with Crippen LogP contribution in [0.5, 0.6) is 0 Å². The van der Waals surface area contributed by atoms with E-state index in [2.05, 4.69) is 10.0 Å². The van der Waals surface area contributed by atoms with Crippen molar-refractivity contribution in [2.45, 2.75) is 25.2 Å². The van der Waals surface area contributed by atoms with E-state index < -0.39 is 10.0 Å². The largest absolute Gasteiger partial charge is 0.326 e. The maximum absolute atomic E-state index is 12.6. The molecule has 0 aromatic heterocycles. The summed E-state index contributed by atoms with van der Waals surface area (Å²) in [6.45, 7) is 3.78. The highest BCUT2D eigenvalue weighted by Crippen LogP contribution is 2.24. The molecule has 0 bridgehead atoms. The predicted molar refractivity (Wildman–Crippen MR) is 117 cm³/mol. The van der Waals surface area contributed by atoms with Crippen LogP contribution in [0, 0.1) is 13.8 Å². The summed E-state index contributed by atoms with van der Waals surface area (Å²) in [5, 5.41) is 3.22. The van der Waals surface area contributed by atoms with Crippen LogP contribution in [-0.4, -0.2) is 14.3 Å². The molecule has 3 aromatic rings. The van der Waals surface area contributed by atoms with Gasteiger partial charge in [0.25, 0.3) is 10.0 Å². The Hall–Kier alpha value is -2.83. The van der Waals surface area contributed by atoms with Crippen molar-refractivity contribution in [2.24, 2.45) is 0 Å². The topological polar surface area (TPSA) is 75.3 Å². The Balaban J connectivity index is 1.68. The number of anilines is 2. The lowest BCUT2D eigenvalue weighted by Crippen LogP contribution is -2.15. The Labute approximate surface area is 175 Å². The summed E-state index contributed by atoms with van der Waals surface area (Å²) < 4.78 is 27.8. The number of halogens is 1. The molecule has 3 aromatic carbocycles. The third-order valence-corrected chi connectivity index (χ3v) is 5.99. The van der Waals surface area contributed by atoms with Crippen molar-refractivity contribution >= 4 is 38.9 Å². The van der Waals surface area contributed by atoms with Crippen molar-refractivity contribution in [3.05, 3.63) is 88.4 Å². The van der Waals surface area contributed by atoms with Gasteiger partial charge in [0.05, 0.1) is 17.0 Å². The van der Waals surface area contributed by atoms with Gasteiger partial charge in [-0.05, 0) is 61.4 Å². The molecule has 0 radical (unpaired) electrons. The van der Waals surface area contributed by atoms with E-state index in [0.717, 1.165) is 16.7 Å². The van der Waals surface area contributed by atoms with Crippen LogP contribution in [0.4, 0.5) is 11.4 Å². The first-order chi connectivity index (χ1) is 13.7. The molecule has 29 heavy (non-hydrogen) atoms. The zero-order chi connectivity index (χ0) is 21.0. The number of carbonyl (C=O) groups is 1. The first kappa shape index (κ1) is 20.9. The third-order valence-electron chi connectivity index (χ3n) is 4.38. The Morgan fingerprint density at radius 1 is 0.931 bits per heavy atom. The number of aryl methyl sites for hydroxylation is 2. The van der Waals surface area contributed by atoms with Gasteiger partial charge in [0.2, 0.25) is 5.91 Å². The number of rotatable bonds is 6. The Bertz CT molecular complexity index is 1130. The molecule has 0 aliphatic rings. The van der Waals surface area contributed by atoms with Gasteiger partial charge in [0.1, 0.15) is 0 Å². The van der Waals surface area contributed by atoms with Gasteiger partial charge in [-0.2, -0.15) is 0 Å². The van der Waals surface area contributed by atoms with Crippen LogP contribution in [0.3, 0.4) is 0 Å². The molecule has 2 N–H and O–H groups in total. The molecule has 1 amide bonds. The highest BCUT2D eigenvalue weighted by Gasteiger charge is 2.16. The van der Waals surface area contributed by atoms with Crippen molar-refractivity contribution in [1.82, 2.24) is 0 Å². The van der Waals surface area contributed by atoms with Crippen LogP contribution in [0.15, 0.2) is 71.6 Å². The number of nitrogens with one attached hydrogen (secondary N) is 2. The fourth-order valence-corrected chi connectivity index (χ4v) is 4.02. The molecule has 0 aliphatic heterocycles. The second-order valence-electron chi connectivity index (χ2n) is 6.80. The lowest BCUT2D eigenvalue weighted by Gasteiger charge is -2.12. The van der Waals surface area contributed by atoms with E-state index in [4.69, 9.17) is 11.6 Å². The molecule has 0 atom stereocenters. The number of sulfonamides is 1. The zero-order valence-corrected chi connectivity index (χ0v) is 17.6. The van der Waals surface area contributed by atoms with Crippen molar-refractivity contribution in [3.8, 4) is 0 Å². The second-order valence-corrected chi connectivity index (χ2v) is 8.92. The fourth-order valence-electron chi connectivity index (χ4n) is 2.72. The standard InChI is InChI=1S/C22H21ClN2O3S/c1-15-3-6-17(7-4-15)13-22(26)24-19-9-11-20(12-10-19)29(27,28)25-21-14-18(23)8-5-16(21)2/h3-12,14,25H,13H2,1-2H3,(H,24,26). The first-order valence-electron chi connectivity index (χ1n) is 8.97. The molecule has 0 aliphatic carbocycles. The molecule has 0 heterocycles. The molecule has 3 rings (SSSR count). The molecule has 0 saturated carbocycles. The fraction of sp³-hybridized carbons (Fsp3) is 0.136. The first-order valence-corrected chi connectivity index (χ1v) is 10.8. The number of amides is 1. The van der Waals surface area contributed by atoms with Crippen molar-refractivity contribution in [1.29, 1.82) is 0 Å². The summed E-state index contributed by atoms with van der Waals surface area (Å²) in [5.74, 6) is -0.169. The predicted octanol–water partition coefficient (Wildman–Crippen LogP) is 4.94. The Morgan fingerprint density at radius 2 is 1.59 bits per heavy atom. The van der Waals surface area contributed by atoms with Crippen molar-refractivity contribution in [3.63, 3.8) is 0 Å². The molecule has 0 fully saturated rings. The SMILES string of the molecule is Cc1ccc(CC(=O)Nc2ccc(S(=O)(=O)Nc3cc(Cl)ccc3C)cc2)cc1. The van der Waals surface area contributed by atoms with E-state index in [1.165, 1.54) is 12.1 Å². The van der Waals surface area contributed by atoms with Crippen LogP contribution in [0.25, 0.3) is 0 Å². The summed E-state index contributed by atoms with van der Waals surface area (Å²) in [4.78, 5) is 12.3. The van der Waals surface area contributed by atoms with Crippen LogP contribution in [-0.2, 0) is 21.2 Å². The highest BCUT2D eigenvalue weighted by molar-refractivity contribution is 7.92. The maximum atomic E-state index is 12.6. The van der Waals surface area contributed by atoms with Crippen LogP contribution < -0.4 is 10.0 Å². The van der Waals surface area contributed by atoms with Crippen LogP contribution in [0.1, 0.15) is 16.7 Å². The molecule has 5 nitrogen and oxygen atoms in total. The maximum Gasteiger partial charge on any atom is 0.261 e. The zero-order valence-electron chi connectivity index (χ0n) is 16.1. The average Bonchev–Trinajstić information content (AvgIpc) is 2.67. The Kier molecular flexibility index (Phi) is 6.25. The molecule has 0 saturated heterocycles. The quantitative estimate of drug-likeness (QED) is 0.584. The minimum absolute atomic E-state index is 0.0911. The summed E-state index contributed by atoms with van der Waals surface area (Å²) in [7, 11) is -3.77. The summed E-state index contributed by atoms with van der Waals surface area (Å²) in [6.07, 6.45) is 0.246. The van der Waals surface area contributed by atoms with E-state index in [0.29, 0.717) is 16.4 Å². The van der Waals surface area contributed by atoms with E-state index >= 15 is 0 Å². The van der Waals surface area contributed by atoms with Gasteiger partial charge in [-0.1, -0.05) is 47.5 Å². The highest BCUT2D eigenvalue weighted by atomic mass is 35.5. The minimum Gasteiger partial charge on any atom is -0.326 e. The average molecular weight is 429 g/mol. The molecule has 0 spiro atoms. The van der Waals surface area contributed by atoms with Crippen molar-refractivity contribution in [2.75, 3.05) is 10.0 Å². The lowest BCUT2D eigenvalue weighted by atomic mass is 10.1. The van der Waals surface area contributed by atoms with Gasteiger partial charge >= 0.3 is 0 Å². The number of hydrogen-bond donors (Lipinski definition) is 2. The molecule has 150 valence electrons. The molecule has 0 unspecified atom stereocenters. The van der Waals surface area contributed by atoms with E-state index in [-0.39, 0.29) is 17.2 Å². The van der Waals surface area contributed by atoms with Gasteiger partial charge < -0.3 is 5.32 Å². The van der Waals surface area contributed by atoms with Gasteiger partial charge in [-0.3, -0.25) is 9.52 Å². The number of benzene rings is 3. The second kappa shape index (κ2) is 8.68. The van der Waals surface area contributed by atoms with Gasteiger partial charge in [-0.25, -0.2) is 8.42 Å².